The topological polar surface area (TPSA) is 21.3 Å². The van der Waals surface area contributed by atoms with E-state index >= 15 is 0 Å². The lowest BCUT2D eigenvalue weighted by Gasteiger charge is -2.15. The molecule has 0 aliphatic carbocycles. The van der Waals surface area contributed by atoms with Gasteiger partial charge in [0.2, 0.25) is 0 Å². The van der Waals surface area contributed by atoms with Crippen LogP contribution < -0.4 is 10.1 Å². The zero-order valence-electron chi connectivity index (χ0n) is 11.2. The van der Waals surface area contributed by atoms with Gasteiger partial charge in [0.15, 0.2) is 0 Å². The minimum atomic E-state index is 0.161. The molecule has 0 atom stereocenters. The predicted octanol–water partition coefficient (Wildman–Crippen LogP) is 4.74. The number of ether oxygens (including phenoxy) is 1. The van der Waals surface area contributed by atoms with E-state index in [1.54, 1.807) is 0 Å². The van der Waals surface area contributed by atoms with Crippen molar-refractivity contribution in [3.8, 4) is 5.75 Å². The molecule has 0 saturated heterocycles. The van der Waals surface area contributed by atoms with Crippen molar-refractivity contribution >= 4 is 17.3 Å². The summed E-state index contributed by atoms with van der Waals surface area (Å²) in [5.74, 6) is 0.875. The molecule has 0 spiro atoms. The molecule has 0 fully saturated rings. The summed E-state index contributed by atoms with van der Waals surface area (Å²) in [6.45, 7) is 4.76. The fraction of sp³-hybridized carbons (Fsp3) is 0.250. The second-order valence-electron chi connectivity index (χ2n) is 4.65. The lowest BCUT2D eigenvalue weighted by Crippen LogP contribution is -2.08. The van der Waals surface area contributed by atoms with E-state index in [2.05, 4.69) is 5.32 Å². The molecular formula is C16H18ClNO. The first-order valence-corrected chi connectivity index (χ1v) is 6.77. The van der Waals surface area contributed by atoms with Crippen molar-refractivity contribution in [2.45, 2.75) is 26.5 Å². The van der Waals surface area contributed by atoms with Crippen molar-refractivity contribution in [3.63, 3.8) is 0 Å². The van der Waals surface area contributed by atoms with Crippen LogP contribution in [0.15, 0.2) is 48.5 Å². The number of hydrogen-bond donors (Lipinski definition) is 1. The zero-order valence-corrected chi connectivity index (χ0v) is 11.9. The third-order valence-corrected chi connectivity index (χ3v) is 2.86. The molecule has 2 rings (SSSR count). The maximum absolute atomic E-state index is 5.97. The van der Waals surface area contributed by atoms with E-state index < -0.39 is 0 Å². The Kier molecular flexibility index (Phi) is 4.69. The standard InChI is InChI=1S/C16H18ClNO/c1-12(2)19-16-9-4-3-8-15(16)18-11-13-6-5-7-14(17)10-13/h3-10,12,18H,11H2,1-2H3. The highest BCUT2D eigenvalue weighted by Crippen LogP contribution is 2.25. The van der Waals surface area contributed by atoms with E-state index in [9.17, 15) is 0 Å². The summed E-state index contributed by atoms with van der Waals surface area (Å²) in [7, 11) is 0. The quantitative estimate of drug-likeness (QED) is 0.851. The number of para-hydroxylation sites is 2. The Morgan fingerprint density at radius 1 is 1.11 bits per heavy atom. The smallest absolute Gasteiger partial charge is 0.142 e. The van der Waals surface area contributed by atoms with Crippen molar-refractivity contribution in [1.29, 1.82) is 0 Å². The van der Waals surface area contributed by atoms with Crippen LogP contribution in [0.4, 0.5) is 5.69 Å². The van der Waals surface area contributed by atoms with Gasteiger partial charge in [-0.1, -0.05) is 35.9 Å². The number of hydrogen-bond acceptors (Lipinski definition) is 2. The van der Waals surface area contributed by atoms with Crippen LogP contribution in [0.1, 0.15) is 19.4 Å². The van der Waals surface area contributed by atoms with Crippen LogP contribution >= 0.6 is 11.6 Å². The minimum absolute atomic E-state index is 0.161. The van der Waals surface area contributed by atoms with Crippen LogP contribution in [-0.2, 0) is 6.54 Å². The molecule has 0 amide bonds. The summed E-state index contributed by atoms with van der Waals surface area (Å²) >= 11 is 5.97. The van der Waals surface area contributed by atoms with E-state index in [4.69, 9.17) is 16.3 Å². The summed E-state index contributed by atoms with van der Waals surface area (Å²) in [5, 5.41) is 4.13. The molecule has 100 valence electrons. The van der Waals surface area contributed by atoms with Gasteiger partial charge in [0.25, 0.3) is 0 Å². The molecule has 0 unspecified atom stereocenters. The lowest BCUT2D eigenvalue weighted by atomic mass is 10.2. The van der Waals surface area contributed by atoms with Gasteiger partial charge >= 0.3 is 0 Å². The van der Waals surface area contributed by atoms with Gasteiger partial charge in [-0.25, -0.2) is 0 Å². The predicted molar refractivity (Wildman–Crippen MR) is 81.0 cm³/mol. The molecule has 0 heterocycles. The minimum Gasteiger partial charge on any atom is -0.489 e. The number of anilines is 1. The largest absolute Gasteiger partial charge is 0.489 e. The van der Waals surface area contributed by atoms with Gasteiger partial charge in [-0.3, -0.25) is 0 Å². The average molecular weight is 276 g/mol. The molecule has 3 heteroatoms. The lowest BCUT2D eigenvalue weighted by molar-refractivity contribution is 0.243. The number of nitrogens with one attached hydrogen (secondary N) is 1. The Labute approximate surface area is 119 Å². The van der Waals surface area contributed by atoms with Crippen molar-refractivity contribution in [1.82, 2.24) is 0 Å². The van der Waals surface area contributed by atoms with E-state index in [-0.39, 0.29) is 6.10 Å². The monoisotopic (exact) mass is 275 g/mol. The van der Waals surface area contributed by atoms with E-state index in [1.165, 1.54) is 0 Å². The first kappa shape index (κ1) is 13.8. The maximum atomic E-state index is 5.97. The van der Waals surface area contributed by atoms with Crippen LogP contribution in [0.25, 0.3) is 0 Å². The first-order chi connectivity index (χ1) is 9.15. The molecule has 0 radical (unpaired) electrons. The molecule has 2 aromatic carbocycles. The summed E-state index contributed by atoms with van der Waals surface area (Å²) in [5.41, 5.74) is 2.14. The number of benzene rings is 2. The molecule has 0 aliphatic rings. The summed E-state index contributed by atoms with van der Waals surface area (Å²) in [6.07, 6.45) is 0.161. The maximum Gasteiger partial charge on any atom is 0.142 e. The fourth-order valence-corrected chi connectivity index (χ4v) is 2.03. The Bertz CT molecular complexity index is 540. The number of halogens is 1. The first-order valence-electron chi connectivity index (χ1n) is 6.39. The third kappa shape index (κ3) is 4.18. The molecule has 2 aromatic rings. The Morgan fingerprint density at radius 2 is 1.89 bits per heavy atom. The van der Waals surface area contributed by atoms with E-state index in [0.29, 0.717) is 0 Å². The third-order valence-electron chi connectivity index (χ3n) is 2.62. The normalized spacial score (nSPS) is 10.5. The molecular weight excluding hydrogens is 258 g/mol. The molecule has 1 N–H and O–H groups in total. The van der Waals surface area contributed by atoms with Crippen molar-refractivity contribution < 1.29 is 4.74 Å². The van der Waals surface area contributed by atoms with Crippen LogP contribution in [-0.4, -0.2) is 6.10 Å². The highest BCUT2D eigenvalue weighted by Gasteiger charge is 2.04. The average Bonchev–Trinajstić information content (AvgIpc) is 2.37. The molecule has 19 heavy (non-hydrogen) atoms. The van der Waals surface area contributed by atoms with Crippen LogP contribution in [0, 0.1) is 0 Å². The SMILES string of the molecule is CC(C)Oc1ccccc1NCc1cccc(Cl)c1. The number of rotatable bonds is 5. The summed E-state index contributed by atoms with van der Waals surface area (Å²) in [4.78, 5) is 0. The second-order valence-corrected chi connectivity index (χ2v) is 5.08. The Hall–Kier alpha value is -1.67. The second kappa shape index (κ2) is 6.48. The molecule has 2 nitrogen and oxygen atoms in total. The van der Waals surface area contributed by atoms with Gasteiger partial charge < -0.3 is 10.1 Å². The van der Waals surface area contributed by atoms with Gasteiger partial charge in [0, 0.05) is 11.6 Å². The van der Waals surface area contributed by atoms with Crippen molar-refractivity contribution in [3.05, 3.63) is 59.1 Å². The fourth-order valence-electron chi connectivity index (χ4n) is 1.81. The molecule has 0 saturated carbocycles. The van der Waals surface area contributed by atoms with E-state index in [0.717, 1.165) is 28.6 Å². The summed E-state index contributed by atoms with van der Waals surface area (Å²) < 4.78 is 5.77. The van der Waals surface area contributed by atoms with Gasteiger partial charge in [0.1, 0.15) is 5.75 Å². The molecule has 0 aromatic heterocycles. The molecule has 0 bridgehead atoms. The zero-order chi connectivity index (χ0) is 13.7. The Balaban J connectivity index is 2.07. The van der Waals surface area contributed by atoms with Crippen molar-refractivity contribution in [2.24, 2.45) is 0 Å². The van der Waals surface area contributed by atoms with Gasteiger partial charge in [-0.15, -0.1) is 0 Å². The van der Waals surface area contributed by atoms with Crippen LogP contribution in [0.2, 0.25) is 5.02 Å². The highest BCUT2D eigenvalue weighted by molar-refractivity contribution is 6.30. The van der Waals surface area contributed by atoms with Gasteiger partial charge in [0.05, 0.1) is 11.8 Å². The van der Waals surface area contributed by atoms with Gasteiger partial charge in [-0.05, 0) is 43.7 Å². The highest BCUT2D eigenvalue weighted by atomic mass is 35.5. The Morgan fingerprint density at radius 3 is 2.63 bits per heavy atom. The van der Waals surface area contributed by atoms with Crippen molar-refractivity contribution in [2.75, 3.05) is 5.32 Å². The van der Waals surface area contributed by atoms with E-state index in [1.807, 2.05) is 62.4 Å². The van der Waals surface area contributed by atoms with Crippen LogP contribution in [0.3, 0.4) is 0 Å². The summed E-state index contributed by atoms with van der Waals surface area (Å²) in [6, 6.07) is 15.8. The molecule has 0 aliphatic heterocycles. The van der Waals surface area contributed by atoms with Crippen LogP contribution in [0.5, 0.6) is 5.75 Å². The van der Waals surface area contributed by atoms with Gasteiger partial charge in [-0.2, -0.15) is 0 Å².